The van der Waals surface area contributed by atoms with E-state index in [4.69, 9.17) is 14.6 Å². The van der Waals surface area contributed by atoms with Crippen molar-refractivity contribution in [1.29, 1.82) is 0 Å². The zero-order valence-corrected chi connectivity index (χ0v) is 14.5. The second-order valence-corrected chi connectivity index (χ2v) is 7.55. The monoisotopic (exact) mass is 351 g/mol. The Kier molecular flexibility index (Phi) is 4.23. The van der Waals surface area contributed by atoms with Gasteiger partial charge < -0.3 is 14.6 Å². The van der Waals surface area contributed by atoms with E-state index >= 15 is 0 Å². The van der Waals surface area contributed by atoms with Gasteiger partial charge in [-0.2, -0.15) is 0 Å². The molecule has 1 saturated heterocycles. The largest absolute Gasteiger partial charge is 0.459 e. The van der Waals surface area contributed by atoms with Crippen LogP contribution in [0, 0.1) is 5.82 Å². The Morgan fingerprint density at radius 3 is 2.60 bits per heavy atom. The molecule has 1 atom stereocenters. The molecule has 1 saturated carbocycles. The zero-order valence-electron chi connectivity index (χ0n) is 14.5. The lowest BCUT2D eigenvalue weighted by molar-refractivity contribution is -0.158. The first-order chi connectivity index (χ1) is 11.7. The van der Waals surface area contributed by atoms with E-state index in [9.17, 15) is 14.0 Å². The highest BCUT2D eigenvalue weighted by molar-refractivity contribution is 5.90. The number of ether oxygens (including phenoxy) is 2. The molecule has 1 aliphatic heterocycles. The molecule has 0 bridgehead atoms. The van der Waals surface area contributed by atoms with Crippen molar-refractivity contribution in [3.05, 3.63) is 29.6 Å². The highest BCUT2D eigenvalue weighted by atomic mass is 19.1. The van der Waals surface area contributed by atoms with Gasteiger partial charge in [0.1, 0.15) is 17.5 Å². The number of nitrogens with zero attached hydrogens (tertiary/aromatic N) is 1. The SMILES string of the molecule is CC(C)(C)OC(=O)C1(c2ccc(N3C[C@H](CO)OC3=O)cc2F)CC1. The van der Waals surface area contributed by atoms with E-state index in [1.54, 1.807) is 26.8 Å². The first-order valence-electron chi connectivity index (χ1n) is 8.29. The Morgan fingerprint density at radius 1 is 1.44 bits per heavy atom. The number of aliphatic hydroxyl groups is 1. The van der Waals surface area contributed by atoms with Gasteiger partial charge in [0, 0.05) is 5.56 Å². The Labute approximate surface area is 145 Å². The second kappa shape index (κ2) is 5.98. The summed E-state index contributed by atoms with van der Waals surface area (Å²) in [7, 11) is 0. The van der Waals surface area contributed by atoms with Crippen LogP contribution in [0.15, 0.2) is 18.2 Å². The number of benzene rings is 1. The summed E-state index contributed by atoms with van der Waals surface area (Å²) in [6.07, 6.45) is -0.168. The van der Waals surface area contributed by atoms with Gasteiger partial charge in [-0.15, -0.1) is 0 Å². The van der Waals surface area contributed by atoms with Crippen molar-refractivity contribution in [1.82, 2.24) is 0 Å². The van der Waals surface area contributed by atoms with Gasteiger partial charge in [-0.05, 0) is 45.7 Å². The topological polar surface area (TPSA) is 76.1 Å². The average Bonchev–Trinajstić information content (AvgIpc) is 3.23. The molecule has 0 radical (unpaired) electrons. The molecular weight excluding hydrogens is 329 g/mol. The van der Waals surface area contributed by atoms with Crippen LogP contribution in [0.4, 0.5) is 14.9 Å². The van der Waals surface area contributed by atoms with Crippen molar-refractivity contribution in [2.45, 2.75) is 50.7 Å². The normalized spacial score (nSPS) is 21.9. The van der Waals surface area contributed by atoms with Crippen LogP contribution in [0.1, 0.15) is 39.2 Å². The van der Waals surface area contributed by atoms with Gasteiger partial charge in [-0.1, -0.05) is 6.07 Å². The van der Waals surface area contributed by atoms with Crippen LogP contribution in [0.3, 0.4) is 0 Å². The number of cyclic esters (lactones) is 1. The molecule has 1 aromatic carbocycles. The second-order valence-electron chi connectivity index (χ2n) is 7.55. The molecule has 3 rings (SSSR count). The lowest BCUT2D eigenvalue weighted by Crippen LogP contribution is -2.32. The maximum atomic E-state index is 14.7. The molecular formula is C18H22FNO5. The number of carbonyl (C=O) groups is 2. The van der Waals surface area contributed by atoms with E-state index in [0.29, 0.717) is 18.5 Å². The zero-order chi connectivity index (χ0) is 18.4. The first kappa shape index (κ1) is 17.7. The number of carbonyl (C=O) groups excluding carboxylic acids is 2. The predicted molar refractivity (Wildman–Crippen MR) is 87.9 cm³/mol. The van der Waals surface area contributed by atoms with Gasteiger partial charge in [-0.3, -0.25) is 9.69 Å². The Hall–Kier alpha value is -2.15. The quantitative estimate of drug-likeness (QED) is 0.844. The van der Waals surface area contributed by atoms with Crippen molar-refractivity contribution in [2.24, 2.45) is 0 Å². The summed E-state index contributed by atoms with van der Waals surface area (Å²) in [5, 5.41) is 9.09. The van der Waals surface area contributed by atoms with Crippen LogP contribution in [-0.4, -0.2) is 42.0 Å². The van der Waals surface area contributed by atoms with E-state index in [1.165, 1.54) is 17.0 Å². The molecule has 25 heavy (non-hydrogen) atoms. The smallest absolute Gasteiger partial charge is 0.414 e. The molecule has 0 aromatic heterocycles. The van der Waals surface area contributed by atoms with E-state index < -0.39 is 35.0 Å². The lowest BCUT2D eigenvalue weighted by atomic mass is 9.94. The molecule has 0 unspecified atom stereocenters. The minimum atomic E-state index is -0.935. The predicted octanol–water partition coefficient (Wildman–Crippen LogP) is 2.52. The summed E-state index contributed by atoms with van der Waals surface area (Å²) in [5.41, 5.74) is -0.949. The highest BCUT2D eigenvalue weighted by Gasteiger charge is 2.55. The van der Waals surface area contributed by atoms with Crippen LogP contribution in [0.25, 0.3) is 0 Å². The Balaban J connectivity index is 1.83. The third kappa shape index (κ3) is 3.33. The van der Waals surface area contributed by atoms with Gasteiger partial charge in [-0.25, -0.2) is 9.18 Å². The minimum absolute atomic E-state index is 0.158. The molecule has 7 heteroatoms. The highest BCUT2D eigenvalue weighted by Crippen LogP contribution is 2.51. The van der Waals surface area contributed by atoms with Crippen LogP contribution in [-0.2, 0) is 19.7 Å². The maximum Gasteiger partial charge on any atom is 0.414 e. The molecule has 6 nitrogen and oxygen atoms in total. The first-order valence-corrected chi connectivity index (χ1v) is 8.29. The van der Waals surface area contributed by atoms with Crippen LogP contribution in [0.2, 0.25) is 0 Å². The average molecular weight is 351 g/mol. The van der Waals surface area contributed by atoms with Gasteiger partial charge >= 0.3 is 12.1 Å². The molecule has 1 amide bonds. The fraction of sp³-hybridized carbons (Fsp3) is 0.556. The van der Waals surface area contributed by atoms with Crippen LogP contribution >= 0.6 is 0 Å². The molecule has 2 fully saturated rings. The number of anilines is 1. The van der Waals surface area contributed by atoms with E-state index in [0.717, 1.165) is 0 Å². The third-order valence-electron chi connectivity index (χ3n) is 4.40. The Morgan fingerprint density at radius 2 is 2.12 bits per heavy atom. The molecule has 1 heterocycles. The number of hydrogen-bond donors (Lipinski definition) is 1. The standard InChI is InChI=1S/C18H22FNO5/c1-17(2,3)25-15(22)18(6-7-18)13-5-4-11(8-14(13)19)20-9-12(10-21)24-16(20)23/h4-5,8,12,21H,6-7,9-10H2,1-3H3/t12-/m1/s1. The number of rotatable bonds is 4. The molecule has 1 N–H and O–H groups in total. The summed E-state index contributed by atoms with van der Waals surface area (Å²) in [4.78, 5) is 25.5. The van der Waals surface area contributed by atoms with Crippen molar-refractivity contribution in [2.75, 3.05) is 18.1 Å². The van der Waals surface area contributed by atoms with E-state index in [-0.39, 0.29) is 18.7 Å². The Bertz CT molecular complexity index is 708. The number of aliphatic hydroxyl groups excluding tert-OH is 1. The van der Waals surface area contributed by atoms with Crippen molar-refractivity contribution in [3.63, 3.8) is 0 Å². The molecule has 1 aliphatic carbocycles. The van der Waals surface area contributed by atoms with Crippen molar-refractivity contribution in [3.8, 4) is 0 Å². The molecule has 136 valence electrons. The summed E-state index contributed by atoms with van der Waals surface area (Å²) < 4.78 is 25.1. The number of hydrogen-bond acceptors (Lipinski definition) is 5. The molecule has 2 aliphatic rings. The molecule has 0 spiro atoms. The lowest BCUT2D eigenvalue weighted by Gasteiger charge is -2.24. The van der Waals surface area contributed by atoms with Crippen molar-refractivity contribution >= 4 is 17.7 Å². The van der Waals surface area contributed by atoms with E-state index in [2.05, 4.69) is 0 Å². The van der Waals surface area contributed by atoms with Crippen LogP contribution < -0.4 is 4.90 Å². The maximum absolute atomic E-state index is 14.7. The number of amides is 1. The summed E-state index contributed by atoms with van der Waals surface area (Å²) in [6, 6.07) is 4.34. The van der Waals surface area contributed by atoms with Gasteiger partial charge in [0.2, 0.25) is 0 Å². The molecule has 1 aromatic rings. The van der Waals surface area contributed by atoms with Gasteiger partial charge in [0.25, 0.3) is 0 Å². The minimum Gasteiger partial charge on any atom is -0.459 e. The van der Waals surface area contributed by atoms with Crippen molar-refractivity contribution < 1.29 is 28.6 Å². The summed E-state index contributed by atoms with van der Waals surface area (Å²) in [6.45, 7) is 5.20. The fourth-order valence-electron chi connectivity index (χ4n) is 2.97. The number of esters is 1. The number of halogens is 1. The summed E-state index contributed by atoms with van der Waals surface area (Å²) in [5.74, 6) is -0.978. The van der Waals surface area contributed by atoms with E-state index in [1.807, 2.05) is 0 Å². The van der Waals surface area contributed by atoms with Gasteiger partial charge in [0.15, 0.2) is 0 Å². The van der Waals surface area contributed by atoms with Crippen LogP contribution in [0.5, 0.6) is 0 Å². The van der Waals surface area contributed by atoms with Gasteiger partial charge in [0.05, 0.1) is 24.3 Å². The fourth-order valence-corrected chi connectivity index (χ4v) is 2.97. The summed E-state index contributed by atoms with van der Waals surface area (Å²) >= 11 is 0. The third-order valence-corrected chi connectivity index (χ3v) is 4.40.